The second-order valence-corrected chi connectivity index (χ2v) is 14.0. The maximum absolute atomic E-state index is 13.0. The van der Waals surface area contributed by atoms with Crippen LogP contribution in [0.5, 0.6) is 0 Å². The molecule has 4 rings (SSSR count). The minimum atomic E-state index is -0.649. The maximum Gasteiger partial charge on any atom is 0.139 e. The molecule has 0 amide bonds. The van der Waals surface area contributed by atoms with Crippen LogP contribution >= 0.6 is 0 Å². The van der Waals surface area contributed by atoms with Gasteiger partial charge in [-0.1, -0.05) is 70.8 Å². The molecule has 39 heavy (non-hydrogen) atoms. The molecule has 0 aromatic heterocycles. The summed E-state index contributed by atoms with van der Waals surface area (Å²) in [4.78, 5) is 13.0. The third-order valence-electron chi connectivity index (χ3n) is 11.4. The maximum atomic E-state index is 13.0. The number of fused-ring (bicyclic) bond motifs is 1. The fraction of sp³-hybridized carbons (Fsp3) is 0.800. The van der Waals surface area contributed by atoms with Crippen molar-refractivity contribution in [3.05, 3.63) is 35.5 Å². The Balaban J connectivity index is 1.33. The van der Waals surface area contributed by atoms with E-state index in [0.717, 1.165) is 62.5 Å². The molecule has 7 atom stereocenters. The van der Waals surface area contributed by atoms with Crippen molar-refractivity contribution in [1.29, 1.82) is 0 Å². The lowest BCUT2D eigenvalue weighted by atomic mass is 9.60. The molecule has 0 heterocycles. The number of hydrogen-bond donors (Lipinski definition) is 3. The van der Waals surface area contributed by atoms with Crippen LogP contribution in [0.2, 0.25) is 0 Å². The Morgan fingerprint density at radius 2 is 1.85 bits per heavy atom. The first-order valence-electron chi connectivity index (χ1n) is 16.3. The second kappa shape index (κ2) is 13.2. The Labute approximate surface area is 238 Å². The molecule has 220 valence electrons. The molecular formula is C35H56O4. The Kier molecular flexibility index (Phi) is 10.4. The molecule has 4 nitrogen and oxygen atoms in total. The molecule has 0 aliphatic heterocycles. The zero-order valence-corrected chi connectivity index (χ0v) is 25.1. The fourth-order valence-corrected chi connectivity index (χ4v) is 8.54. The molecule has 4 aliphatic carbocycles. The molecule has 4 heteroatoms. The lowest BCUT2D eigenvalue weighted by molar-refractivity contribution is -0.124. The average molecular weight is 541 g/mol. The zero-order valence-electron chi connectivity index (χ0n) is 25.1. The Morgan fingerprint density at radius 1 is 1.10 bits per heavy atom. The van der Waals surface area contributed by atoms with E-state index in [2.05, 4.69) is 39.5 Å². The minimum Gasteiger partial charge on any atom is -0.393 e. The summed E-state index contributed by atoms with van der Waals surface area (Å²) in [5, 5.41) is 31.7. The number of unbranched alkanes of at least 4 members (excludes halogenated alkanes) is 4. The van der Waals surface area contributed by atoms with Crippen LogP contribution in [0.3, 0.4) is 0 Å². The molecule has 0 aromatic carbocycles. The van der Waals surface area contributed by atoms with Gasteiger partial charge in [0.1, 0.15) is 5.78 Å². The number of carbonyl (C=O) groups excluding carboxylic acids is 1. The van der Waals surface area contributed by atoms with Gasteiger partial charge in [0, 0.05) is 18.3 Å². The molecule has 0 spiro atoms. The predicted octanol–water partition coefficient (Wildman–Crippen LogP) is 7.61. The average Bonchev–Trinajstić information content (AvgIpc) is 3.62. The number of rotatable bonds is 13. The van der Waals surface area contributed by atoms with E-state index in [1.807, 2.05) is 0 Å². The van der Waals surface area contributed by atoms with Crippen molar-refractivity contribution in [1.82, 2.24) is 0 Å². The quantitative estimate of drug-likeness (QED) is 0.210. The molecule has 4 fully saturated rings. The smallest absolute Gasteiger partial charge is 0.139 e. The molecule has 0 bridgehead atoms. The molecule has 4 aliphatic rings. The van der Waals surface area contributed by atoms with Gasteiger partial charge in [-0.15, -0.1) is 0 Å². The highest BCUT2D eigenvalue weighted by Gasteiger charge is 2.53. The molecule has 0 saturated heterocycles. The van der Waals surface area contributed by atoms with Crippen LogP contribution in [0.15, 0.2) is 35.5 Å². The van der Waals surface area contributed by atoms with Gasteiger partial charge >= 0.3 is 0 Å². The summed E-state index contributed by atoms with van der Waals surface area (Å²) in [5.74, 6) is 1.72. The summed E-state index contributed by atoms with van der Waals surface area (Å²) in [6.45, 7) is 11.0. The van der Waals surface area contributed by atoms with Crippen LogP contribution in [-0.4, -0.2) is 39.4 Å². The zero-order chi connectivity index (χ0) is 28.2. The number of ketones is 1. The van der Waals surface area contributed by atoms with Crippen LogP contribution in [0.25, 0.3) is 0 Å². The summed E-state index contributed by atoms with van der Waals surface area (Å²) < 4.78 is 0. The molecule has 0 aromatic rings. The van der Waals surface area contributed by atoms with E-state index in [9.17, 15) is 20.1 Å². The van der Waals surface area contributed by atoms with Gasteiger partial charge in [0.05, 0.1) is 18.3 Å². The second-order valence-electron chi connectivity index (χ2n) is 14.0. The van der Waals surface area contributed by atoms with Crippen molar-refractivity contribution < 1.29 is 20.1 Å². The minimum absolute atomic E-state index is 0.119. The van der Waals surface area contributed by atoms with Crippen molar-refractivity contribution >= 4 is 5.78 Å². The molecule has 4 saturated carbocycles. The van der Waals surface area contributed by atoms with E-state index in [-0.39, 0.29) is 22.9 Å². The van der Waals surface area contributed by atoms with Gasteiger partial charge in [0.15, 0.2) is 0 Å². The van der Waals surface area contributed by atoms with E-state index in [1.165, 1.54) is 50.5 Å². The topological polar surface area (TPSA) is 77.8 Å². The number of allylic oxidation sites excluding steroid dienone is 3. The Morgan fingerprint density at radius 3 is 2.56 bits per heavy atom. The third-order valence-corrected chi connectivity index (χ3v) is 11.4. The largest absolute Gasteiger partial charge is 0.393 e. The lowest BCUT2D eigenvalue weighted by Crippen LogP contribution is -2.39. The van der Waals surface area contributed by atoms with Crippen LogP contribution in [0.1, 0.15) is 130 Å². The van der Waals surface area contributed by atoms with Gasteiger partial charge in [0.2, 0.25) is 0 Å². The lowest BCUT2D eigenvalue weighted by Gasteiger charge is -2.45. The van der Waals surface area contributed by atoms with Gasteiger partial charge in [0.25, 0.3) is 0 Å². The van der Waals surface area contributed by atoms with Crippen LogP contribution < -0.4 is 0 Å². The van der Waals surface area contributed by atoms with Crippen molar-refractivity contribution in [2.24, 2.45) is 28.6 Å². The predicted molar refractivity (Wildman–Crippen MR) is 159 cm³/mol. The summed E-state index contributed by atoms with van der Waals surface area (Å²) >= 11 is 0. The number of hydrogen-bond acceptors (Lipinski definition) is 4. The van der Waals surface area contributed by atoms with Gasteiger partial charge in [-0.05, 0) is 105 Å². The first-order chi connectivity index (χ1) is 18.6. The van der Waals surface area contributed by atoms with Crippen LogP contribution in [-0.2, 0) is 4.79 Å². The van der Waals surface area contributed by atoms with Gasteiger partial charge < -0.3 is 15.3 Å². The van der Waals surface area contributed by atoms with Crippen molar-refractivity contribution in [2.75, 3.05) is 0 Å². The summed E-state index contributed by atoms with van der Waals surface area (Å²) in [7, 11) is 0. The van der Waals surface area contributed by atoms with Crippen molar-refractivity contribution in [3.8, 4) is 0 Å². The standard InChI is InChI=1S/C35H56O4/c1-5-6-7-8-9-12-33(39)35(20-21-35)19-17-31(37)25(3)29-15-16-30-26(11-10-18-34(29,30)4)13-14-27-22-28(36)23-32(38)24(27)2/h13-14,25,28-32,36-38H,2,5-12,15-23H2,1,3-4H3/t25-,28+,29+,30-,31-,32-,34+/m0/s1. The van der Waals surface area contributed by atoms with E-state index < -0.39 is 12.2 Å². The highest BCUT2D eigenvalue weighted by Crippen LogP contribution is 2.60. The fourth-order valence-electron chi connectivity index (χ4n) is 8.54. The molecule has 0 unspecified atom stereocenters. The summed E-state index contributed by atoms with van der Waals surface area (Å²) in [6, 6.07) is 0. The SMILES string of the molecule is C=C1C(=CC=C2CCC[C@]3(C)[C@@H]([C@H](C)[C@@H](O)CCC4(C(=O)CCCCCCC)CC4)CC[C@@H]23)C[C@@H](O)C[C@@H]1O. The number of carbonyl (C=O) groups is 1. The van der Waals surface area contributed by atoms with E-state index in [4.69, 9.17) is 0 Å². The summed E-state index contributed by atoms with van der Waals surface area (Å²) in [5.41, 5.74) is 3.29. The van der Waals surface area contributed by atoms with Gasteiger partial charge in [-0.3, -0.25) is 4.79 Å². The highest BCUT2D eigenvalue weighted by molar-refractivity contribution is 5.87. The van der Waals surface area contributed by atoms with E-state index >= 15 is 0 Å². The Bertz CT molecular complexity index is 927. The number of Topliss-reactive ketones (excluding diaryl/α,β-unsaturated/α-hetero) is 1. The first-order valence-corrected chi connectivity index (χ1v) is 16.3. The van der Waals surface area contributed by atoms with E-state index in [1.54, 1.807) is 0 Å². The van der Waals surface area contributed by atoms with Crippen LogP contribution in [0, 0.1) is 28.6 Å². The summed E-state index contributed by atoms with van der Waals surface area (Å²) in [6.07, 6.45) is 20.0. The normalized spacial score (nSPS) is 35.7. The first kappa shape index (κ1) is 30.7. The van der Waals surface area contributed by atoms with E-state index in [0.29, 0.717) is 30.5 Å². The Hall–Kier alpha value is -1.23. The molecule has 3 N–H and O–H groups in total. The van der Waals surface area contributed by atoms with Crippen LogP contribution in [0.4, 0.5) is 0 Å². The number of aliphatic hydroxyl groups is 3. The van der Waals surface area contributed by atoms with Crippen molar-refractivity contribution in [2.45, 2.75) is 148 Å². The monoisotopic (exact) mass is 540 g/mol. The molecular weight excluding hydrogens is 484 g/mol. The van der Waals surface area contributed by atoms with Crippen molar-refractivity contribution in [3.63, 3.8) is 0 Å². The third kappa shape index (κ3) is 6.99. The van der Waals surface area contributed by atoms with Gasteiger partial charge in [-0.25, -0.2) is 0 Å². The highest BCUT2D eigenvalue weighted by atomic mass is 16.3. The molecule has 0 radical (unpaired) electrons. The number of aliphatic hydroxyl groups excluding tert-OH is 3. The van der Waals surface area contributed by atoms with Gasteiger partial charge in [-0.2, -0.15) is 0 Å².